The largest absolute Gasteiger partial charge is 0.370 e. The van der Waals surface area contributed by atoms with Crippen molar-refractivity contribution in [3.8, 4) is 0 Å². The summed E-state index contributed by atoms with van der Waals surface area (Å²) in [5.74, 6) is 2.83. The molecule has 0 radical (unpaired) electrons. The molecule has 4 N–H and O–H groups in total. The predicted octanol–water partition coefficient (Wildman–Crippen LogP) is 1.59. The Labute approximate surface area is 124 Å². The highest BCUT2D eigenvalue weighted by molar-refractivity contribution is 5.54. The summed E-state index contributed by atoms with van der Waals surface area (Å²) in [4.78, 5) is 8.98. The smallest absolute Gasteiger partial charge is 0.230 e. The van der Waals surface area contributed by atoms with Crippen LogP contribution in [0, 0.1) is 0 Å². The van der Waals surface area contributed by atoms with E-state index in [-0.39, 0.29) is 0 Å². The molecular formula is C14H21N7. The third-order valence-corrected chi connectivity index (χ3v) is 3.46. The van der Waals surface area contributed by atoms with Gasteiger partial charge in [0, 0.05) is 37.6 Å². The molecule has 0 aliphatic heterocycles. The fourth-order valence-electron chi connectivity index (χ4n) is 2.19. The van der Waals surface area contributed by atoms with E-state index >= 15 is 0 Å². The molecule has 3 rings (SSSR count). The van der Waals surface area contributed by atoms with Gasteiger partial charge in [-0.1, -0.05) is 0 Å². The van der Waals surface area contributed by atoms with E-state index in [1.165, 1.54) is 18.4 Å². The molecule has 21 heavy (non-hydrogen) atoms. The second-order valence-electron chi connectivity index (χ2n) is 5.34. The third-order valence-electron chi connectivity index (χ3n) is 3.46. The van der Waals surface area contributed by atoms with Crippen molar-refractivity contribution in [1.29, 1.82) is 0 Å². The van der Waals surface area contributed by atoms with E-state index in [0.29, 0.717) is 18.4 Å². The fraction of sp³-hybridized carbons (Fsp3) is 0.500. The van der Waals surface area contributed by atoms with E-state index in [2.05, 4.69) is 25.7 Å². The van der Waals surface area contributed by atoms with Gasteiger partial charge in [0.05, 0.1) is 0 Å². The Morgan fingerprint density at radius 1 is 1.43 bits per heavy atom. The van der Waals surface area contributed by atoms with Gasteiger partial charge in [0.25, 0.3) is 0 Å². The topological polar surface area (TPSA) is 93.7 Å². The average Bonchev–Trinajstić information content (AvgIpc) is 3.23. The molecule has 2 heterocycles. The van der Waals surface area contributed by atoms with Gasteiger partial charge in [-0.3, -0.25) is 4.68 Å². The van der Waals surface area contributed by atoms with Gasteiger partial charge in [-0.2, -0.15) is 10.1 Å². The molecule has 0 saturated heterocycles. The van der Waals surface area contributed by atoms with Crippen molar-refractivity contribution in [3.63, 3.8) is 0 Å². The summed E-state index contributed by atoms with van der Waals surface area (Å²) in [6.07, 6.45) is 7.17. The van der Waals surface area contributed by atoms with Crippen LogP contribution < -0.4 is 16.4 Å². The molecule has 2 aromatic rings. The first-order chi connectivity index (χ1) is 10.3. The van der Waals surface area contributed by atoms with E-state index in [0.717, 1.165) is 24.6 Å². The second kappa shape index (κ2) is 6.09. The van der Waals surface area contributed by atoms with Gasteiger partial charge in [0.1, 0.15) is 5.82 Å². The van der Waals surface area contributed by atoms with Crippen LogP contribution in [-0.4, -0.2) is 32.8 Å². The summed E-state index contributed by atoms with van der Waals surface area (Å²) in [5.41, 5.74) is 6.75. The van der Waals surface area contributed by atoms with Crippen LogP contribution in [0.5, 0.6) is 0 Å². The summed E-state index contributed by atoms with van der Waals surface area (Å²) >= 11 is 0. The molecule has 0 amide bonds. The highest BCUT2D eigenvalue weighted by atomic mass is 15.3. The van der Waals surface area contributed by atoms with E-state index in [1.807, 2.05) is 25.5 Å². The van der Waals surface area contributed by atoms with Gasteiger partial charge >= 0.3 is 0 Å². The lowest BCUT2D eigenvalue weighted by Gasteiger charge is -2.11. The Kier molecular flexibility index (Phi) is 4.01. The quantitative estimate of drug-likeness (QED) is 0.670. The third kappa shape index (κ3) is 3.49. The van der Waals surface area contributed by atoms with E-state index in [1.54, 1.807) is 4.68 Å². The van der Waals surface area contributed by atoms with E-state index in [9.17, 15) is 0 Å². The van der Waals surface area contributed by atoms with Crippen molar-refractivity contribution in [2.75, 3.05) is 23.7 Å². The first kappa shape index (κ1) is 13.8. The molecule has 0 aromatic carbocycles. The van der Waals surface area contributed by atoms with Crippen LogP contribution >= 0.6 is 0 Å². The highest BCUT2D eigenvalue weighted by Gasteiger charge is 2.27. The van der Waals surface area contributed by atoms with Gasteiger partial charge < -0.3 is 16.4 Å². The summed E-state index contributed by atoms with van der Waals surface area (Å²) in [7, 11) is 1.88. The van der Waals surface area contributed by atoms with Crippen LogP contribution in [0.1, 0.15) is 30.7 Å². The first-order valence-electron chi connectivity index (χ1n) is 7.34. The zero-order valence-corrected chi connectivity index (χ0v) is 12.2. The van der Waals surface area contributed by atoms with Crippen molar-refractivity contribution in [1.82, 2.24) is 19.7 Å². The zero-order valence-electron chi connectivity index (χ0n) is 12.2. The number of nitrogens with zero attached hydrogens (tertiary/aromatic N) is 4. The molecule has 0 spiro atoms. The number of rotatable bonds is 7. The van der Waals surface area contributed by atoms with Crippen LogP contribution in [0.2, 0.25) is 0 Å². The molecule has 0 bridgehead atoms. The maximum absolute atomic E-state index is 5.54. The minimum absolute atomic E-state index is 0.563. The molecular weight excluding hydrogens is 266 g/mol. The SMILES string of the molecule is Cn1ccc(Nc2ncc(C3CC3)c(NCCCN)n2)n1. The maximum Gasteiger partial charge on any atom is 0.230 e. The number of nitrogens with one attached hydrogen (secondary N) is 2. The molecule has 7 heteroatoms. The Hall–Kier alpha value is -2.15. The Morgan fingerprint density at radius 3 is 2.95 bits per heavy atom. The summed E-state index contributed by atoms with van der Waals surface area (Å²) in [5, 5.41) is 10.8. The molecule has 0 atom stereocenters. The lowest BCUT2D eigenvalue weighted by Crippen LogP contribution is -2.12. The van der Waals surface area contributed by atoms with Gasteiger partial charge in [-0.25, -0.2) is 4.98 Å². The highest BCUT2D eigenvalue weighted by Crippen LogP contribution is 2.42. The summed E-state index contributed by atoms with van der Waals surface area (Å²) in [6, 6.07) is 1.89. The number of hydrogen-bond donors (Lipinski definition) is 3. The molecule has 1 fully saturated rings. The van der Waals surface area contributed by atoms with E-state index < -0.39 is 0 Å². The molecule has 0 unspecified atom stereocenters. The minimum atomic E-state index is 0.563. The van der Waals surface area contributed by atoms with Gasteiger partial charge in [0.2, 0.25) is 5.95 Å². The lowest BCUT2D eigenvalue weighted by molar-refractivity contribution is 0.770. The predicted molar refractivity (Wildman–Crippen MR) is 82.7 cm³/mol. The van der Waals surface area contributed by atoms with Crippen molar-refractivity contribution in [2.24, 2.45) is 12.8 Å². The number of aryl methyl sites for hydroxylation is 1. The lowest BCUT2D eigenvalue weighted by atomic mass is 10.2. The van der Waals surface area contributed by atoms with Gasteiger partial charge in [-0.15, -0.1) is 0 Å². The summed E-state index contributed by atoms with van der Waals surface area (Å²) in [6.45, 7) is 1.51. The molecule has 1 saturated carbocycles. The van der Waals surface area contributed by atoms with Crippen molar-refractivity contribution in [2.45, 2.75) is 25.2 Å². The molecule has 1 aliphatic carbocycles. The molecule has 1 aliphatic rings. The normalized spacial score (nSPS) is 14.2. The monoisotopic (exact) mass is 287 g/mol. The maximum atomic E-state index is 5.54. The van der Waals surface area contributed by atoms with Gasteiger partial charge in [0.15, 0.2) is 5.82 Å². The van der Waals surface area contributed by atoms with Crippen LogP contribution in [-0.2, 0) is 7.05 Å². The van der Waals surface area contributed by atoms with Crippen LogP contribution in [0.3, 0.4) is 0 Å². The Bertz CT molecular complexity index is 603. The second-order valence-corrected chi connectivity index (χ2v) is 5.34. The van der Waals surface area contributed by atoms with Crippen LogP contribution in [0.4, 0.5) is 17.6 Å². The van der Waals surface area contributed by atoms with Crippen LogP contribution in [0.25, 0.3) is 0 Å². The van der Waals surface area contributed by atoms with Crippen molar-refractivity contribution < 1.29 is 0 Å². The molecule has 2 aromatic heterocycles. The number of aromatic nitrogens is 4. The van der Waals surface area contributed by atoms with Crippen molar-refractivity contribution in [3.05, 3.63) is 24.0 Å². The number of hydrogen-bond acceptors (Lipinski definition) is 6. The summed E-state index contributed by atoms with van der Waals surface area (Å²) < 4.78 is 1.74. The minimum Gasteiger partial charge on any atom is -0.370 e. The Balaban J connectivity index is 1.76. The zero-order chi connectivity index (χ0) is 14.7. The molecule has 7 nitrogen and oxygen atoms in total. The van der Waals surface area contributed by atoms with Crippen molar-refractivity contribution >= 4 is 17.6 Å². The fourth-order valence-corrected chi connectivity index (χ4v) is 2.19. The number of anilines is 3. The average molecular weight is 287 g/mol. The van der Waals surface area contributed by atoms with Crippen LogP contribution in [0.15, 0.2) is 18.5 Å². The standard InChI is InChI=1S/C14H21N7/c1-21-8-5-12(20-21)18-14-17-9-11(10-3-4-10)13(19-14)16-7-2-6-15/h5,8-10H,2-4,6-7,15H2,1H3,(H2,16,17,18,19,20). The first-order valence-corrected chi connectivity index (χ1v) is 7.34. The van der Waals surface area contributed by atoms with Gasteiger partial charge in [-0.05, 0) is 31.7 Å². The van der Waals surface area contributed by atoms with E-state index in [4.69, 9.17) is 5.73 Å². The molecule has 112 valence electrons. The number of nitrogens with two attached hydrogens (primary N) is 1. The Morgan fingerprint density at radius 2 is 2.29 bits per heavy atom.